The topological polar surface area (TPSA) is 106 Å². The fourth-order valence-corrected chi connectivity index (χ4v) is 3.74. The molecule has 0 saturated carbocycles. The van der Waals surface area contributed by atoms with E-state index in [9.17, 15) is 14.4 Å². The molecule has 10 heteroatoms. The Hall–Kier alpha value is -4.50. The van der Waals surface area contributed by atoms with Crippen LogP contribution in [0.4, 0.5) is 17.1 Å². The number of ether oxygens (including phenoxy) is 3. The van der Waals surface area contributed by atoms with E-state index in [1.54, 1.807) is 66.7 Å². The lowest BCUT2D eigenvalue weighted by Gasteiger charge is -2.15. The van der Waals surface area contributed by atoms with Crippen molar-refractivity contribution in [3.8, 4) is 17.2 Å². The SMILES string of the molecule is COc1ccc(N2C(=O)C(Cl)=C(Nc3ccc(C(=O)Nc4ccc(OC)cc4OC)cc3)C2=O)cc1. The van der Waals surface area contributed by atoms with Crippen molar-refractivity contribution in [2.24, 2.45) is 0 Å². The minimum Gasteiger partial charge on any atom is -0.497 e. The second kappa shape index (κ2) is 10.4. The van der Waals surface area contributed by atoms with Crippen LogP contribution < -0.4 is 29.7 Å². The number of nitrogens with one attached hydrogen (secondary N) is 2. The van der Waals surface area contributed by atoms with Crippen molar-refractivity contribution in [1.82, 2.24) is 0 Å². The van der Waals surface area contributed by atoms with Crippen LogP contribution in [-0.4, -0.2) is 39.1 Å². The van der Waals surface area contributed by atoms with Crippen molar-refractivity contribution in [2.75, 3.05) is 36.9 Å². The summed E-state index contributed by atoms with van der Waals surface area (Å²) in [6.45, 7) is 0. The van der Waals surface area contributed by atoms with Crippen LogP contribution in [0.2, 0.25) is 0 Å². The van der Waals surface area contributed by atoms with Crippen molar-refractivity contribution in [3.05, 3.63) is 83.0 Å². The van der Waals surface area contributed by atoms with E-state index in [2.05, 4.69) is 10.6 Å². The molecule has 0 radical (unpaired) electrons. The van der Waals surface area contributed by atoms with Crippen molar-refractivity contribution in [2.45, 2.75) is 0 Å². The lowest BCUT2D eigenvalue weighted by atomic mass is 10.1. The minimum atomic E-state index is -0.640. The van der Waals surface area contributed by atoms with Crippen LogP contribution in [0.15, 0.2) is 77.5 Å². The van der Waals surface area contributed by atoms with Gasteiger partial charge >= 0.3 is 0 Å². The second-order valence-electron chi connectivity index (χ2n) is 7.56. The fourth-order valence-electron chi connectivity index (χ4n) is 3.52. The highest BCUT2D eigenvalue weighted by Gasteiger charge is 2.39. The largest absolute Gasteiger partial charge is 0.497 e. The fraction of sp³-hybridized carbons (Fsp3) is 0.115. The zero-order chi connectivity index (χ0) is 25.8. The first-order chi connectivity index (χ1) is 17.4. The van der Waals surface area contributed by atoms with E-state index in [0.717, 1.165) is 4.90 Å². The summed E-state index contributed by atoms with van der Waals surface area (Å²) in [5.41, 5.74) is 1.63. The lowest BCUT2D eigenvalue weighted by molar-refractivity contribution is -0.120. The molecule has 4 rings (SSSR count). The van der Waals surface area contributed by atoms with Gasteiger partial charge in [0, 0.05) is 17.3 Å². The number of nitrogens with zero attached hydrogens (tertiary/aromatic N) is 1. The maximum absolute atomic E-state index is 13.0. The number of anilines is 3. The highest BCUT2D eigenvalue weighted by Crippen LogP contribution is 2.32. The van der Waals surface area contributed by atoms with Gasteiger partial charge in [-0.3, -0.25) is 14.4 Å². The van der Waals surface area contributed by atoms with Gasteiger partial charge in [-0.25, -0.2) is 4.90 Å². The van der Waals surface area contributed by atoms with Gasteiger partial charge in [0.2, 0.25) is 0 Å². The predicted molar refractivity (Wildman–Crippen MR) is 136 cm³/mol. The Labute approximate surface area is 212 Å². The van der Waals surface area contributed by atoms with Gasteiger partial charge in [0.05, 0.1) is 32.7 Å². The third kappa shape index (κ3) is 4.82. The van der Waals surface area contributed by atoms with E-state index in [1.165, 1.54) is 21.3 Å². The summed E-state index contributed by atoms with van der Waals surface area (Å²) < 4.78 is 15.6. The number of carbonyl (C=O) groups excluding carboxylic acids is 3. The smallest absolute Gasteiger partial charge is 0.283 e. The molecule has 3 aromatic carbocycles. The monoisotopic (exact) mass is 507 g/mol. The van der Waals surface area contributed by atoms with Crippen molar-refractivity contribution >= 4 is 46.4 Å². The summed E-state index contributed by atoms with van der Waals surface area (Å²) >= 11 is 6.19. The van der Waals surface area contributed by atoms with Crippen LogP contribution in [-0.2, 0) is 9.59 Å². The Balaban J connectivity index is 1.47. The summed E-state index contributed by atoms with van der Waals surface area (Å²) in [7, 11) is 4.56. The molecule has 0 atom stereocenters. The molecule has 2 N–H and O–H groups in total. The van der Waals surface area contributed by atoms with E-state index < -0.39 is 11.8 Å². The van der Waals surface area contributed by atoms with Gasteiger partial charge in [-0.15, -0.1) is 0 Å². The molecular weight excluding hydrogens is 486 g/mol. The quantitative estimate of drug-likeness (QED) is 0.435. The van der Waals surface area contributed by atoms with Crippen molar-refractivity contribution in [1.29, 1.82) is 0 Å². The Morgan fingerprint density at radius 3 is 2.06 bits per heavy atom. The first-order valence-corrected chi connectivity index (χ1v) is 11.1. The molecule has 184 valence electrons. The maximum atomic E-state index is 13.0. The summed E-state index contributed by atoms with van der Waals surface area (Å²) in [5.74, 6) is 0.0411. The average molecular weight is 508 g/mol. The molecule has 0 saturated heterocycles. The standard InChI is InChI=1S/C26H22ClN3O6/c1-34-18-10-8-17(9-11-18)30-25(32)22(27)23(26(30)33)28-16-6-4-15(5-7-16)24(31)29-20-13-12-19(35-2)14-21(20)36-3/h4-14,28H,1-3H3,(H,29,31). The van der Waals surface area contributed by atoms with Crippen LogP contribution in [0, 0.1) is 0 Å². The van der Waals surface area contributed by atoms with Gasteiger partial charge in [-0.1, -0.05) is 11.6 Å². The Kier molecular flexibility index (Phi) is 7.12. The van der Waals surface area contributed by atoms with E-state index >= 15 is 0 Å². The first kappa shape index (κ1) is 24.6. The number of benzene rings is 3. The molecule has 3 aromatic rings. The Bertz CT molecular complexity index is 1350. The molecule has 9 nitrogen and oxygen atoms in total. The van der Waals surface area contributed by atoms with Gasteiger partial charge in [-0.05, 0) is 60.7 Å². The van der Waals surface area contributed by atoms with Crippen LogP contribution >= 0.6 is 11.6 Å². The van der Waals surface area contributed by atoms with Crippen LogP contribution in [0.25, 0.3) is 0 Å². The zero-order valence-electron chi connectivity index (χ0n) is 19.6. The van der Waals surface area contributed by atoms with E-state index in [0.29, 0.717) is 39.9 Å². The van der Waals surface area contributed by atoms with Gasteiger partial charge in [0.1, 0.15) is 28.0 Å². The number of carbonyl (C=O) groups is 3. The Morgan fingerprint density at radius 2 is 1.44 bits per heavy atom. The number of rotatable bonds is 8. The molecule has 1 heterocycles. The first-order valence-electron chi connectivity index (χ1n) is 10.7. The maximum Gasteiger partial charge on any atom is 0.283 e. The summed E-state index contributed by atoms with van der Waals surface area (Å²) in [6.07, 6.45) is 0. The molecule has 0 aliphatic carbocycles. The molecule has 0 aromatic heterocycles. The molecule has 0 bridgehead atoms. The average Bonchev–Trinajstić information content (AvgIpc) is 3.12. The number of methoxy groups -OCH3 is 3. The molecule has 0 unspecified atom stereocenters. The van der Waals surface area contributed by atoms with Gasteiger partial charge in [0.25, 0.3) is 17.7 Å². The predicted octanol–water partition coefficient (Wildman–Crippen LogP) is 4.40. The van der Waals surface area contributed by atoms with Crippen LogP contribution in [0.1, 0.15) is 10.4 Å². The molecule has 36 heavy (non-hydrogen) atoms. The number of halogens is 1. The van der Waals surface area contributed by atoms with Crippen LogP contribution in [0.5, 0.6) is 17.2 Å². The number of amides is 3. The third-order valence-corrected chi connectivity index (χ3v) is 5.78. The van der Waals surface area contributed by atoms with Crippen LogP contribution in [0.3, 0.4) is 0 Å². The number of hydrogen-bond acceptors (Lipinski definition) is 7. The van der Waals surface area contributed by atoms with Gasteiger partial charge in [0.15, 0.2) is 0 Å². The van der Waals surface area contributed by atoms with E-state index in [-0.39, 0.29) is 16.6 Å². The van der Waals surface area contributed by atoms with E-state index in [4.69, 9.17) is 25.8 Å². The van der Waals surface area contributed by atoms with Crippen molar-refractivity contribution in [3.63, 3.8) is 0 Å². The van der Waals surface area contributed by atoms with Crippen molar-refractivity contribution < 1.29 is 28.6 Å². The van der Waals surface area contributed by atoms with E-state index in [1.807, 2.05) is 0 Å². The molecule has 1 aliphatic heterocycles. The van der Waals surface area contributed by atoms with Gasteiger partial charge < -0.3 is 24.8 Å². The normalized spacial score (nSPS) is 13.1. The molecule has 3 amide bonds. The summed E-state index contributed by atoms with van der Waals surface area (Å²) in [5, 5.41) is 5.44. The molecular formula is C26H22ClN3O6. The highest BCUT2D eigenvalue weighted by molar-refractivity contribution is 6.53. The lowest BCUT2D eigenvalue weighted by Crippen LogP contribution is -2.32. The molecule has 1 aliphatic rings. The minimum absolute atomic E-state index is 0.0577. The van der Waals surface area contributed by atoms with Gasteiger partial charge in [-0.2, -0.15) is 0 Å². The zero-order valence-corrected chi connectivity index (χ0v) is 20.4. The Morgan fingerprint density at radius 1 is 0.806 bits per heavy atom. The number of imide groups is 1. The summed E-state index contributed by atoms with van der Waals surface area (Å²) in [4.78, 5) is 39.3. The number of hydrogen-bond donors (Lipinski definition) is 2. The highest BCUT2D eigenvalue weighted by atomic mass is 35.5. The molecule has 0 fully saturated rings. The second-order valence-corrected chi connectivity index (χ2v) is 7.93. The summed E-state index contributed by atoms with van der Waals surface area (Å²) in [6, 6.07) is 17.9. The molecule has 0 spiro atoms. The third-order valence-electron chi connectivity index (χ3n) is 5.43.